The van der Waals surface area contributed by atoms with Crippen molar-refractivity contribution in [1.82, 2.24) is 15.2 Å². The molecule has 2 aromatic carbocycles. The van der Waals surface area contributed by atoms with Crippen molar-refractivity contribution in [3.63, 3.8) is 0 Å². The molecule has 0 amide bonds. The lowest BCUT2D eigenvalue weighted by atomic mass is 9.99. The molecular weight excluding hydrogens is 326 g/mol. The van der Waals surface area contributed by atoms with E-state index < -0.39 is 0 Å². The van der Waals surface area contributed by atoms with Crippen molar-refractivity contribution in [3.05, 3.63) is 70.2 Å². The third-order valence-corrected chi connectivity index (χ3v) is 4.78. The summed E-state index contributed by atoms with van der Waals surface area (Å²) in [7, 11) is 0. The molecule has 26 heavy (non-hydrogen) atoms. The van der Waals surface area contributed by atoms with Gasteiger partial charge in [-0.05, 0) is 19.9 Å². The number of pyridine rings is 1. The molecule has 5 nitrogen and oxygen atoms in total. The molecule has 126 valence electrons. The molecule has 0 bridgehead atoms. The van der Waals surface area contributed by atoms with E-state index in [4.69, 9.17) is 9.40 Å². The van der Waals surface area contributed by atoms with Crippen LogP contribution in [0.15, 0.2) is 57.7 Å². The summed E-state index contributed by atoms with van der Waals surface area (Å²) >= 11 is 0. The van der Waals surface area contributed by atoms with Gasteiger partial charge in [-0.15, -0.1) is 0 Å². The second-order valence-electron chi connectivity index (χ2n) is 6.49. The summed E-state index contributed by atoms with van der Waals surface area (Å²) in [4.78, 5) is 17.6. The van der Waals surface area contributed by atoms with Crippen molar-refractivity contribution >= 4 is 32.8 Å². The van der Waals surface area contributed by atoms with Gasteiger partial charge in [-0.2, -0.15) is 5.10 Å². The molecular formula is C21H15N3O2. The average Bonchev–Trinajstić information content (AvgIpc) is 3.02. The highest BCUT2D eigenvalue weighted by atomic mass is 16.4. The van der Waals surface area contributed by atoms with Crippen LogP contribution in [0.1, 0.15) is 11.3 Å². The Balaban J connectivity index is 2.08. The zero-order chi connectivity index (χ0) is 17.8. The molecule has 0 radical (unpaired) electrons. The number of benzene rings is 2. The number of para-hydroxylation sites is 1. The van der Waals surface area contributed by atoms with E-state index in [-0.39, 0.29) is 5.63 Å². The van der Waals surface area contributed by atoms with Gasteiger partial charge in [-0.25, -0.2) is 9.78 Å². The molecule has 5 aromatic rings. The van der Waals surface area contributed by atoms with Crippen molar-refractivity contribution < 1.29 is 4.42 Å². The molecule has 0 aliphatic carbocycles. The zero-order valence-corrected chi connectivity index (χ0v) is 14.3. The fourth-order valence-electron chi connectivity index (χ4n) is 3.51. The minimum atomic E-state index is -0.385. The van der Waals surface area contributed by atoms with Crippen molar-refractivity contribution in [3.8, 4) is 11.3 Å². The van der Waals surface area contributed by atoms with Gasteiger partial charge in [0.25, 0.3) is 0 Å². The number of nitrogens with one attached hydrogen (secondary N) is 1. The zero-order valence-electron chi connectivity index (χ0n) is 14.3. The number of nitrogens with zero attached hydrogens (tertiary/aromatic N) is 2. The topological polar surface area (TPSA) is 71.8 Å². The van der Waals surface area contributed by atoms with E-state index in [1.807, 2.05) is 62.4 Å². The van der Waals surface area contributed by atoms with Crippen LogP contribution in [0.4, 0.5) is 0 Å². The first kappa shape index (κ1) is 14.8. The Morgan fingerprint density at radius 3 is 2.50 bits per heavy atom. The molecule has 0 aliphatic heterocycles. The number of aromatic nitrogens is 3. The van der Waals surface area contributed by atoms with Crippen LogP contribution in [0.5, 0.6) is 0 Å². The number of H-pyrrole nitrogens is 1. The maximum absolute atomic E-state index is 12.9. The molecule has 0 atom stereocenters. The normalized spacial score (nSPS) is 11.6. The van der Waals surface area contributed by atoms with E-state index in [1.165, 1.54) is 0 Å². The Bertz CT molecular complexity index is 1360. The minimum Gasteiger partial charge on any atom is -0.422 e. The van der Waals surface area contributed by atoms with E-state index in [0.717, 1.165) is 33.0 Å². The van der Waals surface area contributed by atoms with Gasteiger partial charge >= 0.3 is 5.63 Å². The first-order valence-electron chi connectivity index (χ1n) is 8.41. The lowest BCUT2D eigenvalue weighted by Gasteiger charge is -2.09. The highest BCUT2D eigenvalue weighted by molar-refractivity contribution is 6.20. The van der Waals surface area contributed by atoms with E-state index in [0.29, 0.717) is 22.3 Å². The van der Waals surface area contributed by atoms with Gasteiger partial charge in [0.1, 0.15) is 5.58 Å². The average molecular weight is 341 g/mol. The smallest absolute Gasteiger partial charge is 0.346 e. The van der Waals surface area contributed by atoms with E-state index in [2.05, 4.69) is 10.2 Å². The largest absolute Gasteiger partial charge is 0.422 e. The molecule has 0 saturated heterocycles. The Labute approximate surface area is 148 Å². The van der Waals surface area contributed by atoms with Crippen molar-refractivity contribution in [1.29, 1.82) is 0 Å². The lowest BCUT2D eigenvalue weighted by Crippen LogP contribution is -2.04. The highest BCUT2D eigenvalue weighted by Crippen LogP contribution is 2.35. The monoisotopic (exact) mass is 341 g/mol. The van der Waals surface area contributed by atoms with Gasteiger partial charge in [-0.3, -0.25) is 5.10 Å². The molecule has 5 heteroatoms. The first-order valence-corrected chi connectivity index (χ1v) is 8.41. The van der Waals surface area contributed by atoms with Crippen LogP contribution in [0.2, 0.25) is 0 Å². The van der Waals surface area contributed by atoms with Crippen molar-refractivity contribution in [2.45, 2.75) is 13.8 Å². The number of aromatic amines is 1. The molecule has 0 fully saturated rings. The summed E-state index contributed by atoms with van der Waals surface area (Å²) in [5.41, 5.74) is 4.28. The molecule has 0 unspecified atom stereocenters. The fourth-order valence-corrected chi connectivity index (χ4v) is 3.51. The Kier molecular flexibility index (Phi) is 3.00. The van der Waals surface area contributed by atoms with Crippen molar-refractivity contribution in [2.24, 2.45) is 0 Å². The molecule has 0 aliphatic rings. The van der Waals surface area contributed by atoms with Crippen LogP contribution in [0, 0.1) is 13.8 Å². The van der Waals surface area contributed by atoms with Gasteiger partial charge in [0.15, 0.2) is 5.65 Å². The molecule has 1 N–H and O–H groups in total. The maximum Gasteiger partial charge on any atom is 0.346 e. The number of fused-ring (bicyclic) bond motifs is 5. The number of hydrogen-bond donors (Lipinski definition) is 1. The van der Waals surface area contributed by atoms with Gasteiger partial charge < -0.3 is 4.42 Å². The van der Waals surface area contributed by atoms with E-state index in [9.17, 15) is 4.79 Å². The predicted octanol–water partition coefficient (Wildman–Crippen LogP) is 4.50. The number of aryl methyl sites for hydroxylation is 2. The second kappa shape index (κ2) is 5.26. The van der Waals surface area contributed by atoms with Gasteiger partial charge in [-0.1, -0.05) is 48.0 Å². The predicted molar refractivity (Wildman–Crippen MR) is 102 cm³/mol. The SMILES string of the molecule is Cc1ccc(-c2nc3[nH]nc(C)c3c3c2c(=O)oc2ccccc23)cc1. The Morgan fingerprint density at radius 2 is 1.69 bits per heavy atom. The first-order chi connectivity index (χ1) is 12.6. The maximum atomic E-state index is 12.9. The number of rotatable bonds is 1. The second-order valence-corrected chi connectivity index (χ2v) is 6.49. The molecule has 3 aromatic heterocycles. The van der Waals surface area contributed by atoms with Crippen molar-refractivity contribution in [2.75, 3.05) is 0 Å². The quantitative estimate of drug-likeness (QED) is 0.360. The number of hydrogen-bond acceptors (Lipinski definition) is 4. The summed E-state index contributed by atoms with van der Waals surface area (Å²) in [5, 5.41) is 10.4. The van der Waals surface area contributed by atoms with Crippen LogP contribution < -0.4 is 5.63 Å². The Hall–Kier alpha value is -3.47. The lowest BCUT2D eigenvalue weighted by molar-refractivity contribution is 0.570. The summed E-state index contributed by atoms with van der Waals surface area (Å²) in [5.74, 6) is 0. The van der Waals surface area contributed by atoms with Gasteiger partial charge in [0.05, 0.1) is 22.2 Å². The fraction of sp³-hybridized carbons (Fsp3) is 0.0952. The van der Waals surface area contributed by atoms with Gasteiger partial charge in [0, 0.05) is 16.3 Å². The minimum absolute atomic E-state index is 0.385. The molecule has 5 rings (SSSR count). The summed E-state index contributed by atoms with van der Waals surface area (Å²) in [6.07, 6.45) is 0. The van der Waals surface area contributed by atoms with Crippen LogP contribution in [-0.2, 0) is 0 Å². The summed E-state index contributed by atoms with van der Waals surface area (Å²) in [6.45, 7) is 3.94. The third-order valence-electron chi connectivity index (χ3n) is 4.78. The van der Waals surface area contributed by atoms with E-state index in [1.54, 1.807) is 0 Å². The summed E-state index contributed by atoms with van der Waals surface area (Å²) < 4.78 is 5.60. The Morgan fingerprint density at radius 1 is 0.923 bits per heavy atom. The summed E-state index contributed by atoms with van der Waals surface area (Å²) in [6, 6.07) is 15.5. The highest BCUT2D eigenvalue weighted by Gasteiger charge is 2.20. The van der Waals surface area contributed by atoms with Crippen LogP contribution >= 0.6 is 0 Å². The molecule has 0 saturated carbocycles. The third kappa shape index (κ3) is 2.00. The van der Waals surface area contributed by atoms with Gasteiger partial charge in [0.2, 0.25) is 0 Å². The standard InChI is InChI=1S/C21H15N3O2/c1-11-7-9-13(10-8-11)19-18-17(16-12(2)23-24-20(16)22-19)14-5-3-4-6-15(14)26-21(18)25/h3-10H,1-2H3,(H,22,23,24). The molecule has 0 spiro atoms. The molecule has 3 heterocycles. The van der Waals surface area contributed by atoms with Crippen LogP contribution in [0.3, 0.4) is 0 Å². The van der Waals surface area contributed by atoms with Crippen LogP contribution in [-0.4, -0.2) is 15.2 Å². The van der Waals surface area contributed by atoms with E-state index >= 15 is 0 Å². The van der Waals surface area contributed by atoms with Crippen LogP contribution in [0.25, 0.3) is 44.0 Å².